The molecule has 0 aromatic heterocycles. The minimum Gasteiger partial charge on any atom is -0.298 e. The fourth-order valence-electron chi connectivity index (χ4n) is 1.90. The van der Waals surface area contributed by atoms with Crippen LogP contribution in [0.1, 0.15) is 13.8 Å². The molecule has 3 nitrogen and oxygen atoms in total. The van der Waals surface area contributed by atoms with E-state index in [2.05, 4.69) is 10.2 Å². The Bertz CT molecular complexity index is 468. The van der Waals surface area contributed by atoms with Gasteiger partial charge in [-0.1, -0.05) is 0 Å². The molecule has 0 aromatic rings. The van der Waals surface area contributed by atoms with E-state index in [9.17, 15) is 43.9 Å². The van der Waals surface area contributed by atoms with E-state index >= 15 is 0 Å². The molecule has 0 amide bonds. The fourth-order valence-corrected chi connectivity index (χ4v) is 2.27. The summed E-state index contributed by atoms with van der Waals surface area (Å²) < 4.78 is 131. The van der Waals surface area contributed by atoms with Crippen LogP contribution in [0.25, 0.3) is 0 Å². The van der Waals surface area contributed by atoms with Crippen LogP contribution in [0.4, 0.5) is 43.9 Å². The van der Waals surface area contributed by atoms with Crippen molar-refractivity contribution >= 4 is 11.6 Å². The van der Waals surface area contributed by atoms with Crippen LogP contribution in [-0.2, 0) is 4.74 Å². The van der Waals surface area contributed by atoms with Gasteiger partial charge in [0.25, 0.3) is 0 Å². The lowest BCUT2D eigenvalue weighted by molar-refractivity contribution is -0.463. The highest BCUT2D eigenvalue weighted by atomic mass is 35.5. The molecule has 0 unspecified atom stereocenters. The highest BCUT2D eigenvalue weighted by Crippen LogP contribution is 2.51. The number of rotatable bonds is 4. The van der Waals surface area contributed by atoms with Gasteiger partial charge in [-0.25, -0.2) is 5.43 Å². The van der Waals surface area contributed by atoms with Crippen molar-refractivity contribution in [3.63, 3.8) is 0 Å². The monoisotopic (exact) mass is 400 g/mol. The van der Waals surface area contributed by atoms with E-state index < -0.39 is 47.4 Å². The highest BCUT2D eigenvalue weighted by Gasteiger charge is 2.78. The van der Waals surface area contributed by atoms with Crippen LogP contribution < -0.4 is 10.9 Å². The van der Waals surface area contributed by atoms with E-state index in [0.717, 1.165) is 0 Å². The topological polar surface area (TPSA) is 33.3 Å². The number of hydrogen-bond donors (Lipinski definition) is 2. The van der Waals surface area contributed by atoms with E-state index in [1.165, 1.54) is 6.92 Å². The van der Waals surface area contributed by atoms with Crippen LogP contribution in [0.15, 0.2) is 0 Å². The van der Waals surface area contributed by atoms with Crippen LogP contribution >= 0.6 is 11.6 Å². The van der Waals surface area contributed by atoms with Crippen molar-refractivity contribution in [2.24, 2.45) is 0 Å². The Morgan fingerprint density at radius 2 is 1.29 bits per heavy atom. The van der Waals surface area contributed by atoms with Crippen molar-refractivity contribution < 1.29 is 48.6 Å². The number of halogens is 11. The summed E-state index contributed by atoms with van der Waals surface area (Å²) in [5.41, 5.74) is -0.192. The van der Waals surface area contributed by atoms with E-state index in [1.807, 2.05) is 5.43 Å². The third-order valence-electron chi connectivity index (χ3n) is 3.48. The molecule has 1 aliphatic rings. The molecule has 1 aliphatic heterocycles. The number of hydrogen-bond acceptors (Lipinski definition) is 3. The van der Waals surface area contributed by atoms with Crippen molar-refractivity contribution in [3.8, 4) is 0 Å². The second-order valence-electron chi connectivity index (χ2n) is 5.30. The number of ether oxygens (including phenoxy) is 1. The van der Waals surface area contributed by atoms with Crippen LogP contribution in [0.2, 0.25) is 0 Å². The number of hydrazine groups is 1. The van der Waals surface area contributed by atoms with Crippen LogP contribution in [0.5, 0.6) is 0 Å². The molecule has 1 heterocycles. The van der Waals surface area contributed by atoms with Crippen molar-refractivity contribution in [2.75, 3.05) is 0 Å². The Balaban J connectivity index is 3.30. The van der Waals surface area contributed by atoms with Crippen molar-refractivity contribution in [3.05, 3.63) is 0 Å². The van der Waals surface area contributed by atoms with Crippen LogP contribution in [0, 0.1) is 0 Å². The second-order valence-corrected chi connectivity index (χ2v) is 5.80. The van der Waals surface area contributed by atoms with Crippen molar-refractivity contribution in [1.82, 2.24) is 10.9 Å². The molecule has 2 N–H and O–H groups in total. The molecular formula is C10H11ClF10N2O. The lowest BCUT2D eigenvalue weighted by Gasteiger charge is -2.41. The summed E-state index contributed by atoms with van der Waals surface area (Å²) in [5, 5.41) is -1.60. The predicted molar refractivity (Wildman–Crippen MR) is 60.7 cm³/mol. The van der Waals surface area contributed by atoms with Gasteiger partial charge in [0.2, 0.25) is 0 Å². The minimum absolute atomic E-state index is 0.0971. The summed E-state index contributed by atoms with van der Waals surface area (Å²) >= 11 is 5.59. The lowest BCUT2D eigenvalue weighted by Crippen LogP contribution is -2.66. The standard InChI is InChI=1S/C10H11ClF10N2O/c1-3-4(11)5(23-22-3)6(2,8(14,15)16)24-10(20,21)7(12,13)9(17,18)19/h3-5,22-23H,1-2H3/t3-,4-,5-,6-/m0/s1. The predicted octanol–water partition coefficient (Wildman–Crippen LogP) is 3.59. The Kier molecular flexibility index (Phi) is 5.40. The normalized spacial score (nSPS) is 29.6. The first-order valence-corrected chi connectivity index (χ1v) is 6.56. The molecule has 1 rings (SSSR count). The molecule has 0 radical (unpaired) electrons. The van der Waals surface area contributed by atoms with Gasteiger partial charge in [0.1, 0.15) is 0 Å². The Morgan fingerprint density at radius 3 is 1.58 bits per heavy atom. The van der Waals surface area contributed by atoms with Gasteiger partial charge in [-0.15, -0.1) is 11.6 Å². The maximum atomic E-state index is 13.3. The first kappa shape index (κ1) is 21.5. The SMILES string of the molecule is C[C@@H]1NN[C@H]([C@](C)(OC(F)(F)C(F)(F)C(F)(F)F)C(F)(F)F)[C@H]1Cl. The third kappa shape index (κ3) is 3.40. The molecule has 1 fully saturated rings. The Labute approximate surface area is 133 Å². The zero-order chi connectivity index (χ0) is 19.4. The van der Waals surface area contributed by atoms with E-state index in [0.29, 0.717) is 0 Å². The molecular weight excluding hydrogens is 390 g/mol. The average molecular weight is 401 g/mol. The minimum atomic E-state index is -6.86. The zero-order valence-corrected chi connectivity index (χ0v) is 12.6. The summed E-state index contributed by atoms with van der Waals surface area (Å²) in [6.45, 7) is 1.13. The number of nitrogens with one attached hydrogen (secondary N) is 2. The van der Waals surface area contributed by atoms with E-state index in [-0.39, 0.29) is 6.92 Å². The second kappa shape index (κ2) is 6.02. The molecule has 4 atom stereocenters. The van der Waals surface area contributed by atoms with Gasteiger partial charge >= 0.3 is 24.4 Å². The van der Waals surface area contributed by atoms with Gasteiger partial charge in [0, 0.05) is 6.04 Å². The van der Waals surface area contributed by atoms with Gasteiger partial charge in [-0.3, -0.25) is 10.2 Å². The smallest absolute Gasteiger partial charge is 0.298 e. The summed E-state index contributed by atoms with van der Waals surface area (Å²) in [5.74, 6) is -6.86. The molecule has 24 heavy (non-hydrogen) atoms. The van der Waals surface area contributed by atoms with Crippen molar-refractivity contribution in [1.29, 1.82) is 0 Å². The van der Waals surface area contributed by atoms with Gasteiger partial charge < -0.3 is 0 Å². The molecule has 0 aliphatic carbocycles. The van der Waals surface area contributed by atoms with E-state index in [4.69, 9.17) is 11.6 Å². The molecule has 0 saturated carbocycles. The van der Waals surface area contributed by atoms with Gasteiger partial charge in [0.05, 0.1) is 11.4 Å². The van der Waals surface area contributed by atoms with Crippen molar-refractivity contribution in [2.45, 2.75) is 61.3 Å². The molecule has 1 saturated heterocycles. The fraction of sp³-hybridized carbons (Fsp3) is 1.00. The average Bonchev–Trinajstić information content (AvgIpc) is 2.66. The maximum Gasteiger partial charge on any atom is 0.462 e. The van der Waals surface area contributed by atoms with Gasteiger partial charge in [-0.05, 0) is 13.8 Å². The summed E-state index contributed by atoms with van der Waals surface area (Å²) in [4.78, 5) is 0. The zero-order valence-electron chi connectivity index (χ0n) is 11.8. The third-order valence-corrected chi connectivity index (χ3v) is 4.11. The first-order valence-electron chi connectivity index (χ1n) is 6.13. The van der Waals surface area contributed by atoms with Crippen LogP contribution in [0.3, 0.4) is 0 Å². The van der Waals surface area contributed by atoms with Crippen LogP contribution in [-0.4, -0.2) is 47.4 Å². The molecule has 14 heteroatoms. The summed E-state index contributed by atoms with van der Waals surface area (Å²) in [7, 11) is 0. The first-order chi connectivity index (χ1) is 10.4. The maximum absolute atomic E-state index is 13.3. The number of alkyl halides is 11. The lowest BCUT2D eigenvalue weighted by atomic mass is 9.91. The summed E-state index contributed by atoms with van der Waals surface area (Å²) in [6.07, 6.45) is -19.1. The molecule has 144 valence electrons. The largest absolute Gasteiger partial charge is 0.462 e. The molecule has 0 spiro atoms. The van der Waals surface area contributed by atoms with Gasteiger partial charge in [-0.2, -0.15) is 43.9 Å². The quantitative estimate of drug-likeness (QED) is 0.559. The Hall–Kier alpha value is -0.530. The Morgan fingerprint density at radius 1 is 0.833 bits per heavy atom. The highest BCUT2D eigenvalue weighted by molar-refractivity contribution is 6.21. The summed E-state index contributed by atoms with van der Waals surface area (Å²) in [6, 6.07) is -3.22. The molecule has 0 bridgehead atoms. The molecule has 0 aromatic carbocycles. The van der Waals surface area contributed by atoms with Gasteiger partial charge in [0.15, 0.2) is 5.60 Å². The van der Waals surface area contributed by atoms with E-state index in [1.54, 1.807) is 0 Å².